The Kier molecular flexibility index (Phi) is 3.88. The zero-order chi connectivity index (χ0) is 11.4. The summed E-state index contributed by atoms with van der Waals surface area (Å²) < 4.78 is 0. The van der Waals surface area contributed by atoms with E-state index >= 15 is 0 Å². The van der Waals surface area contributed by atoms with Gasteiger partial charge in [-0.3, -0.25) is 4.79 Å². The maximum atomic E-state index is 12.1. The standard InChI is InChI=1S/C13H17NOS/c1-16-10-4-8-14-9-7-11-5-2-3-6-12(11)13(14)15/h2-3,5-6H,4,7-10H2,1H3. The summed E-state index contributed by atoms with van der Waals surface area (Å²) in [6, 6.07) is 7.96. The molecule has 16 heavy (non-hydrogen) atoms. The van der Waals surface area contributed by atoms with Crippen LogP contribution in [0.4, 0.5) is 0 Å². The predicted molar refractivity (Wildman–Crippen MR) is 69.0 cm³/mol. The molecule has 0 spiro atoms. The Labute approximate surface area is 101 Å². The first-order valence-electron chi connectivity index (χ1n) is 5.69. The Bertz CT molecular complexity index is 378. The van der Waals surface area contributed by atoms with Gasteiger partial charge < -0.3 is 4.90 Å². The van der Waals surface area contributed by atoms with E-state index in [4.69, 9.17) is 0 Å². The molecule has 0 saturated carbocycles. The predicted octanol–water partition coefficient (Wildman–Crippen LogP) is 2.44. The number of nitrogens with zero attached hydrogens (tertiary/aromatic N) is 1. The van der Waals surface area contributed by atoms with Gasteiger partial charge in [-0.2, -0.15) is 11.8 Å². The van der Waals surface area contributed by atoms with Gasteiger partial charge in [-0.15, -0.1) is 0 Å². The molecule has 1 aromatic carbocycles. The van der Waals surface area contributed by atoms with Gasteiger partial charge in [0.15, 0.2) is 0 Å². The third kappa shape index (κ3) is 2.40. The molecule has 1 aliphatic heterocycles. The topological polar surface area (TPSA) is 20.3 Å². The Morgan fingerprint density at radius 2 is 2.19 bits per heavy atom. The van der Waals surface area contributed by atoms with Crippen LogP contribution in [0.15, 0.2) is 24.3 Å². The quantitative estimate of drug-likeness (QED) is 0.747. The van der Waals surface area contributed by atoms with E-state index in [-0.39, 0.29) is 5.91 Å². The summed E-state index contributed by atoms with van der Waals surface area (Å²) in [6.45, 7) is 1.78. The number of carbonyl (C=O) groups is 1. The first-order chi connectivity index (χ1) is 7.83. The van der Waals surface area contributed by atoms with E-state index in [1.54, 1.807) is 0 Å². The van der Waals surface area contributed by atoms with Crippen molar-refractivity contribution in [1.82, 2.24) is 4.90 Å². The van der Waals surface area contributed by atoms with Crippen LogP contribution < -0.4 is 0 Å². The first-order valence-corrected chi connectivity index (χ1v) is 7.08. The highest BCUT2D eigenvalue weighted by atomic mass is 32.2. The van der Waals surface area contributed by atoms with Crippen LogP contribution in [0.1, 0.15) is 22.3 Å². The molecule has 1 heterocycles. The second kappa shape index (κ2) is 5.39. The largest absolute Gasteiger partial charge is 0.338 e. The molecule has 1 amide bonds. The average Bonchev–Trinajstić information content (AvgIpc) is 2.33. The highest BCUT2D eigenvalue weighted by molar-refractivity contribution is 7.98. The molecular formula is C13H17NOS. The van der Waals surface area contributed by atoms with Crippen molar-refractivity contribution in [1.29, 1.82) is 0 Å². The summed E-state index contributed by atoms with van der Waals surface area (Å²) in [5, 5.41) is 0. The van der Waals surface area contributed by atoms with Crippen molar-refractivity contribution in [2.75, 3.05) is 25.1 Å². The van der Waals surface area contributed by atoms with Gasteiger partial charge in [-0.25, -0.2) is 0 Å². The average molecular weight is 235 g/mol. The van der Waals surface area contributed by atoms with E-state index in [1.807, 2.05) is 34.9 Å². The number of amides is 1. The Balaban J connectivity index is 2.03. The number of fused-ring (bicyclic) bond motifs is 1. The van der Waals surface area contributed by atoms with Crippen molar-refractivity contribution < 1.29 is 4.79 Å². The molecule has 0 fully saturated rings. The van der Waals surface area contributed by atoms with Crippen molar-refractivity contribution in [2.24, 2.45) is 0 Å². The number of hydrogen-bond acceptors (Lipinski definition) is 2. The second-order valence-electron chi connectivity index (χ2n) is 4.05. The number of rotatable bonds is 4. The van der Waals surface area contributed by atoms with Gasteiger partial charge in [-0.05, 0) is 36.5 Å². The Morgan fingerprint density at radius 3 is 3.00 bits per heavy atom. The molecule has 0 bridgehead atoms. The van der Waals surface area contributed by atoms with Crippen LogP contribution in [0, 0.1) is 0 Å². The zero-order valence-electron chi connectivity index (χ0n) is 9.61. The van der Waals surface area contributed by atoms with Crippen LogP contribution in [0.2, 0.25) is 0 Å². The van der Waals surface area contributed by atoms with Crippen molar-refractivity contribution in [3.63, 3.8) is 0 Å². The van der Waals surface area contributed by atoms with Gasteiger partial charge in [0, 0.05) is 18.7 Å². The van der Waals surface area contributed by atoms with Crippen molar-refractivity contribution in [3.8, 4) is 0 Å². The van der Waals surface area contributed by atoms with Crippen LogP contribution in [-0.4, -0.2) is 35.9 Å². The summed E-state index contributed by atoms with van der Waals surface area (Å²) in [6.07, 6.45) is 4.20. The van der Waals surface area contributed by atoms with E-state index < -0.39 is 0 Å². The Hall–Kier alpha value is -0.960. The van der Waals surface area contributed by atoms with Crippen molar-refractivity contribution in [3.05, 3.63) is 35.4 Å². The summed E-state index contributed by atoms with van der Waals surface area (Å²) in [5.41, 5.74) is 2.10. The van der Waals surface area contributed by atoms with Crippen molar-refractivity contribution in [2.45, 2.75) is 12.8 Å². The summed E-state index contributed by atoms with van der Waals surface area (Å²) in [7, 11) is 0. The van der Waals surface area contributed by atoms with Gasteiger partial charge in [0.2, 0.25) is 0 Å². The minimum Gasteiger partial charge on any atom is -0.338 e. The lowest BCUT2D eigenvalue weighted by atomic mass is 9.99. The minimum absolute atomic E-state index is 0.211. The molecule has 2 nitrogen and oxygen atoms in total. The van der Waals surface area contributed by atoms with Crippen LogP contribution in [-0.2, 0) is 6.42 Å². The molecule has 0 aliphatic carbocycles. The fraction of sp³-hybridized carbons (Fsp3) is 0.462. The molecule has 2 rings (SSSR count). The SMILES string of the molecule is CSCCCN1CCc2ccccc2C1=O. The second-order valence-corrected chi connectivity index (χ2v) is 5.03. The van der Waals surface area contributed by atoms with Gasteiger partial charge in [-0.1, -0.05) is 18.2 Å². The third-order valence-electron chi connectivity index (χ3n) is 2.96. The molecule has 1 aliphatic rings. The summed E-state index contributed by atoms with van der Waals surface area (Å²) in [4.78, 5) is 14.1. The van der Waals surface area contributed by atoms with Gasteiger partial charge >= 0.3 is 0 Å². The minimum atomic E-state index is 0.211. The van der Waals surface area contributed by atoms with E-state index in [2.05, 4.69) is 12.3 Å². The smallest absolute Gasteiger partial charge is 0.254 e. The van der Waals surface area contributed by atoms with Gasteiger partial charge in [0.05, 0.1) is 0 Å². The molecule has 0 aromatic heterocycles. The van der Waals surface area contributed by atoms with E-state index in [0.717, 1.165) is 37.2 Å². The monoisotopic (exact) mass is 235 g/mol. The van der Waals surface area contributed by atoms with Gasteiger partial charge in [0.25, 0.3) is 5.91 Å². The first kappa shape index (κ1) is 11.5. The number of thioether (sulfide) groups is 1. The molecule has 3 heteroatoms. The molecule has 0 radical (unpaired) electrons. The van der Waals surface area contributed by atoms with Crippen molar-refractivity contribution >= 4 is 17.7 Å². The van der Waals surface area contributed by atoms with Crippen LogP contribution in [0.3, 0.4) is 0 Å². The lowest BCUT2D eigenvalue weighted by Gasteiger charge is -2.28. The lowest BCUT2D eigenvalue weighted by molar-refractivity contribution is 0.0740. The number of carbonyl (C=O) groups excluding carboxylic acids is 1. The maximum Gasteiger partial charge on any atom is 0.254 e. The third-order valence-corrected chi connectivity index (χ3v) is 3.66. The highest BCUT2D eigenvalue weighted by Crippen LogP contribution is 2.18. The highest BCUT2D eigenvalue weighted by Gasteiger charge is 2.22. The molecule has 0 unspecified atom stereocenters. The van der Waals surface area contributed by atoms with E-state index in [1.165, 1.54) is 5.56 Å². The fourth-order valence-electron chi connectivity index (χ4n) is 2.09. The zero-order valence-corrected chi connectivity index (χ0v) is 10.4. The lowest BCUT2D eigenvalue weighted by Crippen LogP contribution is -2.38. The normalized spacial score (nSPS) is 15.1. The maximum absolute atomic E-state index is 12.1. The fourth-order valence-corrected chi connectivity index (χ4v) is 2.51. The van der Waals surface area contributed by atoms with Crippen LogP contribution >= 0.6 is 11.8 Å². The van der Waals surface area contributed by atoms with Crippen LogP contribution in [0.25, 0.3) is 0 Å². The molecular weight excluding hydrogens is 218 g/mol. The molecule has 0 N–H and O–H groups in total. The molecule has 0 saturated heterocycles. The molecule has 86 valence electrons. The Morgan fingerprint density at radius 1 is 1.38 bits per heavy atom. The molecule has 1 aromatic rings. The van der Waals surface area contributed by atoms with E-state index in [9.17, 15) is 4.79 Å². The summed E-state index contributed by atoms with van der Waals surface area (Å²) >= 11 is 1.84. The number of benzene rings is 1. The number of hydrogen-bond donors (Lipinski definition) is 0. The van der Waals surface area contributed by atoms with E-state index in [0.29, 0.717) is 0 Å². The molecule has 0 atom stereocenters. The van der Waals surface area contributed by atoms with Gasteiger partial charge in [0.1, 0.15) is 0 Å². The van der Waals surface area contributed by atoms with Crippen LogP contribution in [0.5, 0.6) is 0 Å². The summed E-state index contributed by atoms with van der Waals surface area (Å²) in [5.74, 6) is 1.34.